The van der Waals surface area contributed by atoms with Gasteiger partial charge < -0.3 is 4.74 Å². The second-order valence-electron chi connectivity index (χ2n) is 3.53. The molecule has 1 heterocycles. The number of ether oxygens (including phenoxy) is 1. The van der Waals surface area contributed by atoms with Crippen LogP contribution in [0.1, 0.15) is 10.4 Å². The lowest BCUT2D eigenvalue weighted by molar-refractivity contribution is 0.0922. The van der Waals surface area contributed by atoms with Gasteiger partial charge in [0.15, 0.2) is 18.2 Å². The molecule has 0 fully saturated rings. The van der Waals surface area contributed by atoms with Crippen molar-refractivity contribution in [2.75, 3.05) is 6.61 Å². The molecular weight excluding hydrogens is 317 g/mol. The fourth-order valence-electron chi connectivity index (χ4n) is 1.32. The van der Waals surface area contributed by atoms with Crippen molar-refractivity contribution in [2.45, 2.75) is 0 Å². The Morgan fingerprint density at radius 3 is 2.53 bits per heavy atom. The van der Waals surface area contributed by atoms with Gasteiger partial charge in [-0.1, -0.05) is 23.2 Å². The van der Waals surface area contributed by atoms with Gasteiger partial charge >= 0.3 is 0 Å². The number of carbonyl (C=O) groups is 1. The SMILES string of the molecule is O=C(COc1ccc(F)c(F)c1)c1cc(Cl)sc1Cl. The molecule has 0 aliphatic carbocycles. The average Bonchev–Trinajstić information content (AvgIpc) is 2.70. The first-order valence-electron chi connectivity index (χ1n) is 5.03. The van der Waals surface area contributed by atoms with Crippen molar-refractivity contribution in [3.05, 3.63) is 50.1 Å². The molecular formula is C12H6Cl2F2O2S. The van der Waals surface area contributed by atoms with Gasteiger partial charge in [-0.05, 0) is 18.2 Å². The van der Waals surface area contributed by atoms with E-state index in [2.05, 4.69) is 0 Å². The van der Waals surface area contributed by atoms with Gasteiger partial charge in [0.2, 0.25) is 5.78 Å². The van der Waals surface area contributed by atoms with E-state index in [1.807, 2.05) is 0 Å². The van der Waals surface area contributed by atoms with Crippen LogP contribution < -0.4 is 4.74 Å². The van der Waals surface area contributed by atoms with E-state index in [4.69, 9.17) is 27.9 Å². The monoisotopic (exact) mass is 322 g/mol. The van der Waals surface area contributed by atoms with E-state index in [1.165, 1.54) is 12.1 Å². The second kappa shape index (κ2) is 5.86. The molecule has 1 aromatic heterocycles. The molecule has 0 atom stereocenters. The quantitative estimate of drug-likeness (QED) is 0.769. The summed E-state index contributed by atoms with van der Waals surface area (Å²) in [6.07, 6.45) is 0. The summed E-state index contributed by atoms with van der Waals surface area (Å²) in [5.74, 6) is -2.35. The summed E-state index contributed by atoms with van der Waals surface area (Å²) in [6, 6.07) is 4.45. The number of carbonyl (C=O) groups excluding carboxylic acids is 1. The molecule has 0 N–H and O–H groups in total. The molecule has 2 rings (SSSR count). The lowest BCUT2D eigenvalue weighted by atomic mass is 10.2. The Kier molecular flexibility index (Phi) is 4.39. The van der Waals surface area contributed by atoms with Crippen LogP contribution in [0.5, 0.6) is 5.75 Å². The molecule has 2 nitrogen and oxygen atoms in total. The van der Waals surface area contributed by atoms with Crippen LogP contribution in [-0.4, -0.2) is 12.4 Å². The summed E-state index contributed by atoms with van der Waals surface area (Å²) in [4.78, 5) is 11.8. The van der Waals surface area contributed by atoms with Crippen molar-refractivity contribution < 1.29 is 18.3 Å². The molecule has 0 radical (unpaired) electrons. The van der Waals surface area contributed by atoms with Gasteiger partial charge in [-0.3, -0.25) is 4.79 Å². The third-order valence-corrected chi connectivity index (χ3v) is 3.71. The molecule has 0 unspecified atom stereocenters. The minimum atomic E-state index is -1.04. The number of thiophene rings is 1. The summed E-state index contributed by atoms with van der Waals surface area (Å²) in [7, 11) is 0. The summed E-state index contributed by atoms with van der Waals surface area (Å²) >= 11 is 12.6. The third kappa shape index (κ3) is 3.43. The van der Waals surface area contributed by atoms with E-state index in [9.17, 15) is 13.6 Å². The summed E-state index contributed by atoms with van der Waals surface area (Å²) in [5.41, 5.74) is 0.249. The van der Waals surface area contributed by atoms with Gasteiger partial charge in [-0.25, -0.2) is 8.78 Å². The predicted molar refractivity (Wildman–Crippen MR) is 70.5 cm³/mol. The van der Waals surface area contributed by atoms with Gasteiger partial charge in [-0.2, -0.15) is 0 Å². The molecule has 2 aromatic rings. The Balaban J connectivity index is 2.04. The minimum absolute atomic E-state index is 0.0599. The van der Waals surface area contributed by atoms with E-state index in [0.717, 1.165) is 23.5 Å². The number of hydrogen-bond acceptors (Lipinski definition) is 3. The normalized spacial score (nSPS) is 10.5. The Morgan fingerprint density at radius 2 is 1.95 bits per heavy atom. The van der Waals surface area contributed by atoms with Gasteiger partial charge in [0.05, 0.1) is 9.90 Å². The van der Waals surface area contributed by atoms with Crippen molar-refractivity contribution in [3.8, 4) is 5.75 Å². The number of rotatable bonds is 4. The zero-order valence-electron chi connectivity index (χ0n) is 9.25. The van der Waals surface area contributed by atoms with Crippen molar-refractivity contribution in [2.24, 2.45) is 0 Å². The van der Waals surface area contributed by atoms with Gasteiger partial charge in [0.25, 0.3) is 0 Å². The minimum Gasteiger partial charge on any atom is -0.485 e. The van der Waals surface area contributed by atoms with E-state index in [0.29, 0.717) is 4.34 Å². The standard InChI is InChI=1S/C12H6Cl2F2O2S/c13-11-4-7(12(14)19-11)10(17)5-18-6-1-2-8(15)9(16)3-6/h1-4H,5H2. The molecule has 0 aliphatic heterocycles. The fraction of sp³-hybridized carbons (Fsp3) is 0.0833. The van der Waals surface area contributed by atoms with E-state index < -0.39 is 17.4 Å². The van der Waals surface area contributed by atoms with Crippen LogP contribution in [0.4, 0.5) is 8.78 Å². The van der Waals surface area contributed by atoms with Crippen LogP contribution in [-0.2, 0) is 0 Å². The van der Waals surface area contributed by atoms with Gasteiger partial charge in [0.1, 0.15) is 10.1 Å². The van der Waals surface area contributed by atoms with Crippen LogP contribution >= 0.6 is 34.5 Å². The first-order valence-corrected chi connectivity index (χ1v) is 6.60. The number of benzene rings is 1. The van der Waals surface area contributed by atoms with Crippen molar-refractivity contribution >= 4 is 40.3 Å². The highest BCUT2D eigenvalue weighted by Gasteiger charge is 2.15. The first-order chi connectivity index (χ1) is 8.97. The van der Waals surface area contributed by atoms with E-state index >= 15 is 0 Å². The highest BCUT2D eigenvalue weighted by atomic mass is 35.5. The van der Waals surface area contributed by atoms with Gasteiger partial charge in [-0.15, -0.1) is 11.3 Å². The van der Waals surface area contributed by atoms with Crippen LogP contribution in [0.3, 0.4) is 0 Å². The lowest BCUT2D eigenvalue weighted by Gasteiger charge is -2.05. The lowest BCUT2D eigenvalue weighted by Crippen LogP contribution is -2.11. The van der Waals surface area contributed by atoms with Crippen molar-refractivity contribution in [1.82, 2.24) is 0 Å². The number of halogens is 4. The molecule has 0 spiro atoms. The maximum absolute atomic E-state index is 12.9. The molecule has 7 heteroatoms. The fourth-order valence-corrected chi connectivity index (χ4v) is 2.82. The second-order valence-corrected chi connectivity index (χ2v) is 5.81. The zero-order chi connectivity index (χ0) is 14.0. The molecule has 1 aromatic carbocycles. The molecule has 100 valence electrons. The molecule has 0 saturated carbocycles. The molecule has 19 heavy (non-hydrogen) atoms. The largest absolute Gasteiger partial charge is 0.485 e. The van der Waals surface area contributed by atoms with E-state index in [1.54, 1.807) is 0 Å². The topological polar surface area (TPSA) is 26.3 Å². The number of ketones is 1. The third-order valence-electron chi connectivity index (χ3n) is 2.22. The van der Waals surface area contributed by atoms with Crippen LogP contribution in [0.25, 0.3) is 0 Å². The predicted octanol–water partition coefficient (Wildman–Crippen LogP) is 4.59. The van der Waals surface area contributed by atoms with Crippen molar-refractivity contribution in [3.63, 3.8) is 0 Å². The smallest absolute Gasteiger partial charge is 0.202 e. The first kappa shape index (κ1) is 14.2. The molecule has 0 bridgehead atoms. The van der Waals surface area contributed by atoms with Crippen LogP contribution in [0.2, 0.25) is 8.67 Å². The van der Waals surface area contributed by atoms with Gasteiger partial charge in [0, 0.05) is 6.07 Å². The number of Topliss-reactive ketones (excluding diaryl/α,β-unsaturated/α-hetero) is 1. The maximum atomic E-state index is 12.9. The Hall–Kier alpha value is -1.17. The van der Waals surface area contributed by atoms with Crippen LogP contribution in [0.15, 0.2) is 24.3 Å². The Morgan fingerprint density at radius 1 is 1.21 bits per heavy atom. The summed E-state index contributed by atoms with van der Waals surface area (Å²) in [5, 5.41) is 0. The molecule has 0 saturated heterocycles. The van der Waals surface area contributed by atoms with Crippen LogP contribution in [0, 0.1) is 11.6 Å². The molecule has 0 amide bonds. The summed E-state index contributed by atoms with van der Waals surface area (Å²) in [6.45, 7) is -0.335. The maximum Gasteiger partial charge on any atom is 0.202 e. The highest BCUT2D eigenvalue weighted by Crippen LogP contribution is 2.31. The Bertz CT molecular complexity index is 628. The zero-order valence-corrected chi connectivity index (χ0v) is 11.6. The molecule has 0 aliphatic rings. The highest BCUT2D eigenvalue weighted by molar-refractivity contribution is 7.20. The summed E-state index contributed by atoms with van der Waals surface area (Å²) < 4.78 is 31.3. The Labute approximate surface area is 121 Å². The average molecular weight is 323 g/mol. The van der Waals surface area contributed by atoms with E-state index in [-0.39, 0.29) is 22.3 Å². The number of hydrogen-bond donors (Lipinski definition) is 0. The van der Waals surface area contributed by atoms with Crippen molar-refractivity contribution in [1.29, 1.82) is 0 Å².